The summed E-state index contributed by atoms with van der Waals surface area (Å²) in [6, 6.07) is 10.3. The summed E-state index contributed by atoms with van der Waals surface area (Å²) in [6.07, 6.45) is 2.05. The molecule has 1 aromatic carbocycles. The average molecular weight is 381 g/mol. The van der Waals surface area contributed by atoms with Crippen LogP contribution in [0.2, 0.25) is 0 Å². The molecule has 1 saturated heterocycles. The number of benzene rings is 1. The van der Waals surface area contributed by atoms with E-state index in [-0.39, 0.29) is 24.3 Å². The minimum Gasteiger partial charge on any atom is -0.353 e. The van der Waals surface area contributed by atoms with Gasteiger partial charge in [-0.1, -0.05) is 24.3 Å². The molecule has 7 heteroatoms. The van der Waals surface area contributed by atoms with E-state index in [2.05, 4.69) is 44.9 Å². The van der Waals surface area contributed by atoms with Gasteiger partial charge in [-0.2, -0.15) is 5.10 Å². The van der Waals surface area contributed by atoms with Crippen LogP contribution in [0.15, 0.2) is 30.3 Å². The Balaban J connectivity index is 1.39. The number of aromatic nitrogens is 2. The Morgan fingerprint density at radius 2 is 2.00 bits per heavy atom. The Morgan fingerprint density at radius 1 is 1.29 bits per heavy atom. The van der Waals surface area contributed by atoms with Gasteiger partial charge in [0.1, 0.15) is 0 Å². The lowest BCUT2D eigenvalue weighted by molar-refractivity contribution is -0.135. The van der Waals surface area contributed by atoms with E-state index in [1.54, 1.807) is 4.68 Å². The van der Waals surface area contributed by atoms with Crippen LogP contribution in [0.1, 0.15) is 28.9 Å². The second-order valence-electron chi connectivity index (χ2n) is 7.76. The standard InChI is InChI=1S/C21H27N5O2/c1-14-9-17(24-25(14)2)13-23-20(27)12-19-21(28)22-7-8-26(19)18-10-15-5-3-4-6-16(15)11-18/h3-6,9,18-19H,7-8,10-13H2,1-2H3,(H,22,28)(H,23,27)/t19-/m0/s1. The van der Waals surface area contributed by atoms with Crippen LogP contribution in [-0.4, -0.2) is 51.7 Å². The third-order valence-electron chi connectivity index (χ3n) is 5.88. The highest BCUT2D eigenvalue weighted by atomic mass is 16.2. The van der Waals surface area contributed by atoms with Gasteiger partial charge in [0.15, 0.2) is 0 Å². The molecule has 0 radical (unpaired) electrons. The molecule has 2 aromatic rings. The van der Waals surface area contributed by atoms with Crippen LogP contribution in [0.25, 0.3) is 0 Å². The maximum Gasteiger partial charge on any atom is 0.237 e. The van der Waals surface area contributed by atoms with Gasteiger partial charge in [-0.25, -0.2) is 0 Å². The minimum atomic E-state index is -0.418. The number of nitrogens with zero attached hydrogens (tertiary/aromatic N) is 3. The van der Waals surface area contributed by atoms with Crippen molar-refractivity contribution >= 4 is 11.8 Å². The highest BCUT2D eigenvalue weighted by molar-refractivity contribution is 5.88. The van der Waals surface area contributed by atoms with Crippen LogP contribution in [0.4, 0.5) is 0 Å². The molecule has 2 aliphatic rings. The fraction of sp³-hybridized carbons (Fsp3) is 0.476. The summed E-state index contributed by atoms with van der Waals surface area (Å²) in [5, 5.41) is 10.2. The summed E-state index contributed by atoms with van der Waals surface area (Å²) in [7, 11) is 1.88. The van der Waals surface area contributed by atoms with E-state index in [0.29, 0.717) is 13.1 Å². The quantitative estimate of drug-likeness (QED) is 0.799. The van der Waals surface area contributed by atoms with Crippen molar-refractivity contribution in [3.8, 4) is 0 Å². The first-order valence-electron chi connectivity index (χ1n) is 9.87. The van der Waals surface area contributed by atoms with Gasteiger partial charge in [0.2, 0.25) is 11.8 Å². The van der Waals surface area contributed by atoms with Crippen molar-refractivity contribution in [1.29, 1.82) is 0 Å². The maximum absolute atomic E-state index is 12.5. The SMILES string of the molecule is Cc1cc(CNC(=O)C[C@H]2C(=O)NCCN2C2Cc3ccccc3C2)nn1C. The number of carbonyl (C=O) groups excluding carboxylic acids is 2. The molecular weight excluding hydrogens is 354 g/mol. The summed E-state index contributed by atoms with van der Waals surface area (Å²) in [5.41, 5.74) is 4.58. The van der Waals surface area contributed by atoms with Crippen molar-refractivity contribution in [2.45, 2.75) is 44.8 Å². The third-order valence-corrected chi connectivity index (χ3v) is 5.88. The first-order valence-corrected chi connectivity index (χ1v) is 9.87. The van der Waals surface area contributed by atoms with Crippen LogP contribution < -0.4 is 10.6 Å². The van der Waals surface area contributed by atoms with Gasteiger partial charge in [0, 0.05) is 31.9 Å². The zero-order chi connectivity index (χ0) is 19.7. The van der Waals surface area contributed by atoms with Crippen LogP contribution in [0.3, 0.4) is 0 Å². The summed E-state index contributed by atoms with van der Waals surface area (Å²) in [4.78, 5) is 27.3. The number of nitrogens with one attached hydrogen (secondary N) is 2. The van der Waals surface area contributed by atoms with E-state index in [4.69, 9.17) is 0 Å². The molecule has 1 aromatic heterocycles. The molecule has 1 fully saturated rings. The molecule has 1 atom stereocenters. The number of fused-ring (bicyclic) bond motifs is 1. The van der Waals surface area contributed by atoms with Gasteiger partial charge < -0.3 is 10.6 Å². The van der Waals surface area contributed by atoms with Crippen molar-refractivity contribution in [3.05, 3.63) is 52.8 Å². The second-order valence-corrected chi connectivity index (χ2v) is 7.76. The normalized spacial score (nSPS) is 20.1. The van der Waals surface area contributed by atoms with Crippen LogP contribution >= 0.6 is 0 Å². The number of hydrogen-bond donors (Lipinski definition) is 2. The molecule has 4 rings (SSSR count). The van der Waals surface area contributed by atoms with E-state index < -0.39 is 6.04 Å². The summed E-state index contributed by atoms with van der Waals surface area (Å²) >= 11 is 0. The Bertz CT molecular complexity index is 846. The predicted molar refractivity (Wildman–Crippen MR) is 106 cm³/mol. The fourth-order valence-electron chi connectivity index (χ4n) is 4.31. The number of piperazine rings is 1. The number of hydrogen-bond acceptors (Lipinski definition) is 4. The molecule has 148 valence electrons. The Morgan fingerprint density at radius 3 is 2.64 bits per heavy atom. The Labute approximate surface area is 165 Å². The lowest BCUT2D eigenvalue weighted by atomic mass is 10.0. The number of aryl methyl sites for hydroxylation is 2. The molecule has 28 heavy (non-hydrogen) atoms. The van der Waals surface area contributed by atoms with E-state index >= 15 is 0 Å². The summed E-state index contributed by atoms with van der Waals surface area (Å²) in [5.74, 6) is -0.170. The molecule has 7 nitrogen and oxygen atoms in total. The molecule has 0 bridgehead atoms. The van der Waals surface area contributed by atoms with Crippen LogP contribution in [0, 0.1) is 6.92 Å². The largest absolute Gasteiger partial charge is 0.353 e. The van der Waals surface area contributed by atoms with Gasteiger partial charge >= 0.3 is 0 Å². The van der Waals surface area contributed by atoms with Crippen molar-refractivity contribution in [1.82, 2.24) is 25.3 Å². The molecule has 2 heterocycles. The van der Waals surface area contributed by atoms with E-state index in [9.17, 15) is 9.59 Å². The van der Waals surface area contributed by atoms with Crippen molar-refractivity contribution in [3.63, 3.8) is 0 Å². The highest BCUT2D eigenvalue weighted by Gasteiger charge is 2.38. The summed E-state index contributed by atoms with van der Waals surface area (Å²) < 4.78 is 1.79. The molecule has 2 amide bonds. The van der Waals surface area contributed by atoms with E-state index in [0.717, 1.165) is 30.8 Å². The minimum absolute atomic E-state index is 0.0500. The van der Waals surface area contributed by atoms with E-state index in [1.165, 1.54) is 11.1 Å². The average Bonchev–Trinajstić information content (AvgIpc) is 3.24. The predicted octanol–water partition coefficient (Wildman–Crippen LogP) is 0.703. The third kappa shape index (κ3) is 3.80. The molecule has 1 aliphatic heterocycles. The van der Waals surface area contributed by atoms with E-state index in [1.807, 2.05) is 20.0 Å². The smallest absolute Gasteiger partial charge is 0.237 e. The number of rotatable bonds is 5. The molecule has 1 aliphatic carbocycles. The second kappa shape index (κ2) is 7.75. The lowest BCUT2D eigenvalue weighted by Gasteiger charge is -2.38. The van der Waals surface area contributed by atoms with Gasteiger partial charge in [0.05, 0.1) is 24.7 Å². The van der Waals surface area contributed by atoms with Crippen LogP contribution in [0.5, 0.6) is 0 Å². The van der Waals surface area contributed by atoms with Crippen molar-refractivity contribution < 1.29 is 9.59 Å². The summed E-state index contributed by atoms with van der Waals surface area (Å²) in [6.45, 7) is 3.77. The van der Waals surface area contributed by atoms with Gasteiger partial charge in [-0.05, 0) is 37.0 Å². The maximum atomic E-state index is 12.5. The number of amides is 2. The highest BCUT2D eigenvalue weighted by Crippen LogP contribution is 2.28. The van der Waals surface area contributed by atoms with Crippen molar-refractivity contribution in [2.24, 2.45) is 7.05 Å². The Hall–Kier alpha value is -2.67. The van der Waals surface area contributed by atoms with Crippen molar-refractivity contribution in [2.75, 3.05) is 13.1 Å². The zero-order valence-corrected chi connectivity index (χ0v) is 16.4. The fourth-order valence-corrected chi connectivity index (χ4v) is 4.31. The zero-order valence-electron chi connectivity index (χ0n) is 16.4. The first kappa shape index (κ1) is 18.7. The van der Waals surface area contributed by atoms with Crippen LogP contribution in [-0.2, 0) is 36.0 Å². The van der Waals surface area contributed by atoms with Gasteiger partial charge in [0.25, 0.3) is 0 Å². The monoisotopic (exact) mass is 381 g/mol. The molecular formula is C21H27N5O2. The molecule has 0 spiro atoms. The first-order chi connectivity index (χ1) is 13.5. The molecule has 0 unspecified atom stereocenters. The Kier molecular flexibility index (Phi) is 5.17. The number of carbonyl (C=O) groups is 2. The van der Waals surface area contributed by atoms with Gasteiger partial charge in [-0.3, -0.25) is 19.2 Å². The molecule has 0 saturated carbocycles. The lowest BCUT2D eigenvalue weighted by Crippen LogP contribution is -2.59. The molecule has 2 N–H and O–H groups in total. The topological polar surface area (TPSA) is 79.3 Å². The van der Waals surface area contributed by atoms with Gasteiger partial charge in [-0.15, -0.1) is 0 Å².